The van der Waals surface area contributed by atoms with Gasteiger partial charge in [-0.15, -0.1) is 0 Å². The Kier molecular flexibility index (Phi) is 5.82. The second-order valence-electron chi connectivity index (χ2n) is 7.16. The molecule has 3 aromatic carbocycles. The summed E-state index contributed by atoms with van der Waals surface area (Å²) in [5, 5.41) is 5.09. The average molecular weight is 483 g/mol. The zero-order valence-electron chi connectivity index (χ0n) is 17.2. The average Bonchev–Trinajstić information content (AvgIpc) is 2.78. The van der Waals surface area contributed by atoms with Gasteiger partial charge >= 0.3 is 6.03 Å². The standard InChI is InChI=1S/C23H15F2N3O5S/c24-15-7-6-14(20(25)13-15)12-19-21(29)27(16-4-2-1-3-5-16)23(31)28(22(19)30)17-8-10-18(11-9-17)34(26,32)33/h1-13H,(H2,26,32,33)/b19-12-. The predicted octanol–water partition coefficient (Wildman–Crippen LogP) is 3.20. The monoisotopic (exact) mass is 483 g/mol. The number of carbonyl (C=O) groups is 3. The summed E-state index contributed by atoms with van der Waals surface area (Å²) in [6, 6.07) is 13.8. The molecule has 4 amide bonds. The number of carbonyl (C=O) groups excluding carboxylic acids is 3. The van der Waals surface area contributed by atoms with Gasteiger partial charge in [-0.1, -0.05) is 18.2 Å². The Morgan fingerprint density at radius 2 is 1.32 bits per heavy atom. The molecule has 2 N–H and O–H groups in total. The number of para-hydroxylation sites is 1. The highest BCUT2D eigenvalue weighted by molar-refractivity contribution is 7.89. The zero-order valence-corrected chi connectivity index (χ0v) is 18.0. The molecule has 0 radical (unpaired) electrons. The number of hydrogen-bond donors (Lipinski definition) is 1. The molecule has 1 aliphatic heterocycles. The van der Waals surface area contributed by atoms with Crippen molar-refractivity contribution < 1.29 is 31.6 Å². The Morgan fingerprint density at radius 3 is 1.85 bits per heavy atom. The maximum atomic E-state index is 14.3. The number of amides is 4. The van der Waals surface area contributed by atoms with Crippen LogP contribution < -0.4 is 14.9 Å². The third kappa shape index (κ3) is 4.21. The van der Waals surface area contributed by atoms with Gasteiger partial charge in [0.1, 0.15) is 17.2 Å². The second-order valence-corrected chi connectivity index (χ2v) is 8.72. The number of hydrogen-bond acceptors (Lipinski definition) is 5. The fourth-order valence-electron chi connectivity index (χ4n) is 3.32. The topological polar surface area (TPSA) is 118 Å². The number of halogens is 2. The Balaban J connectivity index is 1.87. The number of anilines is 2. The summed E-state index contributed by atoms with van der Waals surface area (Å²) in [5.41, 5.74) is -0.725. The number of barbiturate groups is 1. The van der Waals surface area contributed by atoms with E-state index in [9.17, 15) is 31.6 Å². The van der Waals surface area contributed by atoms with Gasteiger partial charge in [0.15, 0.2) is 0 Å². The largest absolute Gasteiger partial charge is 0.343 e. The van der Waals surface area contributed by atoms with Gasteiger partial charge in [0, 0.05) is 11.6 Å². The van der Waals surface area contributed by atoms with Crippen molar-refractivity contribution in [2.75, 3.05) is 9.80 Å². The summed E-state index contributed by atoms with van der Waals surface area (Å²) in [5.74, 6) is -3.95. The molecule has 4 rings (SSSR count). The highest BCUT2D eigenvalue weighted by Crippen LogP contribution is 2.30. The number of primary sulfonamides is 1. The number of urea groups is 1. The van der Waals surface area contributed by atoms with Crippen LogP contribution in [0.25, 0.3) is 6.08 Å². The Labute approximate surface area is 192 Å². The number of benzene rings is 3. The maximum absolute atomic E-state index is 14.3. The number of sulfonamides is 1. The van der Waals surface area contributed by atoms with Crippen molar-refractivity contribution in [3.05, 3.63) is 95.6 Å². The molecule has 0 spiro atoms. The summed E-state index contributed by atoms with van der Waals surface area (Å²) in [6.07, 6.45) is 0.924. The molecule has 172 valence electrons. The van der Waals surface area contributed by atoms with Crippen molar-refractivity contribution in [3.8, 4) is 0 Å². The smallest absolute Gasteiger partial charge is 0.268 e. The molecule has 0 saturated carbocycles. The number of rotatable bonds is 4. The lowest BCUT2D eigenvalue weighted by atomic mass is 10.0. The fourth-order valence-corrected chi connectivity index (χ4v) is 3.84. The molecule has 8 nitrogen and oxygen atoms in total. The molecule has 1 aliphatic rings. The summed E-state index contributed by atoms with van der Waals surface area (Å²) in [6.45, 7) is 0. The normalized spacial score (nSPS) is 15.9. The number of nitrogens with two attached hydrogens (primary N) is 1. The first kappa shape index (κ1) is 23.0. The third-order valence-electron chi connectivity index (χ3n) is 4.95. The van der Waals surface area contributed by atoms with E-state index < -0.39 is 45.1 Å². The highest BCUT2D eigenvalue weighted by atomic mass is 32.2. The van der Waals surface area contributed by atoms with Crippen LogP contribution in [0.15, 0.2) is 83.3 Å². The van der Waals surface area contributed by atoms with E-state index in [2.05, 4.69) is 0 Å². The molecule has 1 heterocycles. The van der Waals surface area contributed by atoms with Crippen LogP contribution in [0.5, 0.6) is 0 Å². The van der Waals surface area contributed by atoms with Gasteiger partial charge in [-0.05, 0) is 54.6 Å². The molecule has 3 aromatic rings. The van der Waals surface area contributed by atoms with Crippen LogP contribution >= 0.6 is 0 Å². The Morgan fingerprint density at radius 1 is 0.765 bits per heavy atom. The van der Waals surface area contributed by atoms with Gasteiger partial charge in [0.05, 0.1) is 16.3 Å². The molecule has 11 heteroatoms. The van der Waals surface area contributed by atoms with Crippen LogP contribution in [0.3, 0.4) is 0 Å². The first-order valence-electron chi connectivity index (χ1n) is 9.65. The van der Waals surface area contributed by atoms with Gasteiger partial charge in [0.2, 0.25) is 10.0 Å². The molecule has 1 fully saturated rings. The third-order valence-corrected chi connectivity index (χ3v) is 5.88. The molecule has 0 unspecified atom stereocenters. The predicted molar refractivity (Wildman–Crippen MR) is 119 cm³/mol. The second kappa shape index (κ2) is 8.61. The lowest BCUT2D eigenvalue weighted by Gasteiger charge is -2.34. The van der Waals surface area contributed by atoms with E-state index in [4.69, 9.17) is 5.14 Å². The molecule has 0 aliphatic carbocycles. The van der Waals surface area contributed by atoms with Gasteiger partial charge in [0.25, 0.3) is 11.8 Å². The molecule has 0 atom stereocenters. The SMILES string of the molecule is NS(=O)(=O)c1ccc(N2C(=O)/C(=C\c3ccc(F)cc3F)C(=O)N(c3ccccc3)C2=O)cc1. The van der Waals surface area contributed by atoms with E-state index in [1.54, 1.807) is 18.2 Å². The van der Waals surface area contributed by atoms with Crippen molar-refractivity contribution in [2.45, 2.75) is 4.90 Å². The summed E-state index contributed by atoms with van der Waals surface area (Å²) in [7, 11) is -4.04. The van der Waals surface area contributed by atoms with Crippen LogP contribution in [-0.2, 0) is 19.6 Å². The number of nitrogens with zero attached hydrogens (tertiary/aromatic N) is 2. The maximum Gasteiger partial charge on any atom is 0.343 e. The van der Waals surface area contributed by atoms with Gasteiger partial charge in [-0.2, -0.15) is 0 Å². The molecular formula is C23H15F2N3O5S. The minimum atomic E-state index is -4.04. The minimum absolute atomic E-state index is 0.0543. The molecule has 34 heavy (non-hydrogen) atoms. The first-order valence-corrected chi connectivity index (χ1v) is 11.2. The lowest BCUT2D eigenvalue weighted by molar-refractivity contribution is -0.121. The van der Waals surface area contributed by atoms with Gasteiger partial charge < -0.3 is 0 Å². The van der Waals surface area contributed by atoms with Gasteiger partial charge in [-0.3, -0.25) is 9.59 Å². The van der Waals surface area contributed by atoms with E-state index in [0.29, 0.717) is 11.0 Å². The van der Waals surface area contributed by atoms with E-state index in [-0.39, 0.29) is 21.8 Å². The van der Waals surface area contributed by atoms with Crippen LogP contribution in [-0.4, -0.2) is 26.3 Å². The summed E-state index contributed by atoms with van der Waals surface area (Å²) in [4.78, 5) is 40.8. The van der Waals surface area contributed by atoms with E-state index in [1.165, 1.54) is 24.3 Å². The summed E-state index contributed by atoms with van der Waals surface area (Å²) < 4.78 is 50.7. The van der Waals surface area contributed by atoms with Crippen LogP contribution in [0, 0.1) is 11.6 Å². The quantitative estimate of drug-likeness (QED) is 0.452. The van der Waals surface area contributed by atoms with Crippen molar-refractivity contribution in [3.63, 3.8) is 0 Å². The van der Waals surface area contributed by atoms with Crippen LogP contribution in [0.2, 0.25) is 0 Å². The summed E-state index contributed by atoms with van der Waals surface area (Å²) >= 11 is 0. The minimum Gasteiger partial charge on any atom is -0.268 e. The van der Waals surface area contributed by atoms with Crippen molar-refractivity contribution in [1.29, 1.82) is 0 Å². The Hall–Kier alpha value is -4.22. The van der Waals surface area contributed by atoms with E-state index >= 15 is 0 Å². The fraction of sp³-hybridized carbons (Fsp3) is 0. The zero-order chi connectivity index (χ0) is 24.6. The molecular weight excluding hydrogens is 468 g/mol. The Bertz CT molecular complexity index is 1460. The van der Waals surface area contributed by atoms with Crippen LogP contribution in [0.4, 0.5) is 25.0 Å². The van der Waals surface area contributed by atoms with Gasteiger partial charge in [-0.25, -0.2) is 36.9 Å². The van der Waals surface area contributed by atoms with Crippen molar-refractivity contribution in [1.82, 2.24) is 0 Å². The molecule has 1 saturated heterocycles. The molecule has 0 aromatic heterocycles. The van der Waals surface area contributed by atoms with Crippen molar-refractivity contribution in [2.24, 2.45) is 5.14 Å². The van der Waals surface area contributed by atoms with Crippen LogP contribution in [0.1, 0.15) is 5.56 Å². The van der Waals surface area contributed by atoms with Crippen molar-refractivity contribution >= 4 is 45.3 Å². The lowest BCUT2D eigenvalue weighted by Crippen LogP contribution is -2.57. The number of imide groups is 2. The highest BCUT2D eigenvalue weighted by Gasteiger charge is 2.43. The first-order chi connectivity index (χ1) is 16.1. The van der Waals surface area contributed by atoms with E-state index in [0.717, 1.165) is 35.2 Å². The molecule has 0 bridgehead atoms. The van der Waals surface area contributed by atoms with E-state index in [1.807, 2.05) is 0 Å².